The summed E-state index contributed by atoms with van der Waals surface area (Å²) >= 11 is 12.0. The lowest BCUT2D eigenvalue weighted by molar-refractivity contribution is 0.288. The maximum atomic E-state index is 12.7. The molecule has 3 rings (SSSR count). The fraction of sp³-hybridized carbons (Fsp3) is 0.600. The van der Waals surface area contributed by atoms with Crippen molar-refractivity contribution in [2.24, 2.45) is 5.92 Å². The molecule has 0 aromatic heterocycles. The van der Waals surface area contributed by atoms with Crippen LogP contribution in [0.3, 0.4) is 0 Å². The number of rotatable bonds is 5. The third-order valence-corrected chi connectivity index (χ3v) is 6.97. The molecule has 1 aromatic rings. The van der Waals surface area contributed by atoms with Crippen LogP contribution in [-0.4, -0.2) is 38.4 Å². The highest BCUT2D eigenvalue weighted by Crippen LogP contribution is 2.30. The summed E-state index contributed by atoms with van der Waals surface area (Å²) < 4.78 is 26.9. The molecule has 1 aliphatic heterocycles. The van der Waals surface area contributed by atoms with Gasteiger partial charge in [0.05, 0.1) is 5.02 Å². The Bertz CT molecular complexity index is 639. The van der Waals surface area contributed by atoms with E-state index in [4.69, 9.17) is 23.2 Å². The van der Waals surface area contributed by atoms with E-state index >= 15 is 0 Å². The quantitative estimate of drug-likeness (QED) is 0.874. The van der Waals surface area contributed by atoms with E-state index in [1.165, 1.54) is 29.3 Å². The fourth-order valence-electron chi connectivity index (χ4n) is 2.77. The molecule has 7 heteroatoms. The van der Waals surface area contributed by atoms with Crippen molar-refractivity contribution < 1.29 is 8.42 Å². The van der Waals surface area contributed by atoms with Gasteiger partial charge in [-0.1, -0.05) is 23.2 Å². The molecule has 0 bridgehead atoms. The molecule has 22 heavy (non-hydrogen) atoms. The Balaban J connectivity index is 1.64. The molecule has 1 saturated carbocycles. The first-order valence-electron chi connectivity index (χ1n) is 7.65. The molecule has 1 aliphatic carbocycles. The van der Waals surface area contributed by atoms with Gasteiger partial charge in [0.1, 0.15) is 4.90 Å². The Morgan fingerprint density at radius 3 is 2.45 bits per heavy atom. The Morgan fingerprint density at radius 2 is 1.82 bits per heavy atom. The highest BCUT2D eigenvalue weighted by atomic mass is 35.5. The van der Waals surface area contributed by atoms with Crippen LogP contribution in [0.4, 0.5) is 0 Å². The Kier molecular flexibility index (Phi) is 5.00. The van der Waals surface area contributed by atoms with E-state index < -0.39 is 10.0 Å². The first-order chi connectivity index (χ1) is 10.5. The van der Waals surface area contributed by atoms with Crippen LogP contribution in [0, 0.1) is 5.92 Å². The molecule has 0 amide bonds. The van der Waals surface area contributed by atoms with Gasteiger partial charge in [-0.15, -0.1) is 0 Å². The van der Waals surface area contributed by atoms with Crippen LogP contribution >= 0.6 is 23.2 Å². The predicted molar refractivity (Wildman–Crippen MR) is 89.0 cm³/mol. The molecule has 1 heterocycles. The second-order valence-corrected chi connectivity index (χ2v) is 8.85. The Labute approximate surface area is 141 Å². The molecule has 4 nitrogen and oxygen atoms in total. The van der Waals surface area contributed by atoms with Gasteiger partial charge in [-0.2, -0.15) is 4.31 Å². The van der Waals surface area contributed by atoms with Crippen LogP contribution in [0.25, 0.3) is 0 Å². The number of nitrogens with zero attached hydrogens (tertiary/aromatic N) is 1. The van der Waals surface area contributed by atoms with Crippen molar-refractivity contribution >= 4 is 33.2 Å². The minimum absolute atomic E-state index is 0.103. The molecule has 2 aliphatic rings. The summed E-state index contributed by atoms with van der Waals surface area (Å²) in [4.78, 5) is 0.103. The number of hydrogen-bond donors (Lipinski definition) is 1. The maximum absolute atomic E-state index is 12.7. The number of nitrogens with one attached hydrogen (secondary N) is 1. The van der Waals surface area contributed by atoms with E-state index in [9.17, 15) is 8.42 Å². The summed E-state index contributed by atoms with van der Waals surface area (Å²) in [5.74, 6) is 0.840. The topological polar surface area (TPSA) is 49.4 Å². The zero-order chi connectivity index (χ0) is 15.7. The monoisotopic (exact) mass is 362 g/mol. The van der Waals surface area contributed by atoms with Gasteiger partial charge in [0.25, 0.3) is 0 Å². The summed E-state index contributed by atoms with van der Waals surface area (Å²) in [6.45, 7) is 2.11. The third kappa shape index (κ3) is 3.77. The van der Waals surface area contributed by atoms with E-state index in [1.54, 1.807) is 6.07 Å². The lowest BCUT2D eigenvalue weighted by Gasteiger charge is -2.32. The van der Waals surface area contributed by atoms with Crippen LogP contribution in [0.5, 0.6) is 0 Å². The molecule has 122 valence electrons. The van der Waals surface area contributed by atoms with Crippen molar-refractivity contribution in [1.29, 1.82) is 0 Å². The van der Waals surface area contributed by atoms with Crippen molar-refractivity contribution in [2.75, 3.05) is 19.6 Å². The van der Waals surface area contributed by atoms with Crippen LogP contribution < -0.4 is 5.32 Å². The van der Waals surface area contributed by atoms with Gasteiger partial charge in [-0.3, -0.25) is 0 Å². The van der Waals surface area contributed by atoms with Crippen molar-refractivity contribution in [3.63, 3.8) is 0 Å². The van der Waals surface area contributed by atoms with Crippen LogP contribution in [0.1, 0.15) is 25.7 Å². The summed E-state index contributed by atoms with van der Waals surface area (Å²) in [7, 11) is -3.57. The minimum Gasteiger partial charge on any atom is -0.314 e. The first-order valence-corrected chi connectivity index (χ1v) is 9.85. The van der Waals surface area contributed by atoms with E-state index in [2.05, 4.69) is 5.32 Å². The molecular weight excluding hydrogens is 343 g/mol. The van der Waals surface area contributed by atoms with Crippen LogP contribution in [0.2, 0.25) is 10.0 Å². The van der Waals surface area contributed by atoms with Gasteiger partial charge < -0.3 is 5.32 Å². The van der Waals surface area contributed by atoms with Gasteiger partial charge in [0.15, 0.2) is 0 Å². The van der Waals surface area contributed by atoms with Crippen molar-refractivity contribution in [3.8, 4) is 0 Å². The molecule has 0 radical (unpaired) electrons. The van der Waals surface area contributed by atoms with Gasteiger partial charge in [-0.05, 0) is 56.3 Å². The highest BCUT2D eigenvalue weighted by Gasteiger charge is 2.31. The minimum atomic E-state index is -3.57. The number of hydrogen-bond acceptors (Lipinski definition) is 3. The number of halogens is 2. The largest absolute Gasteiger partial charge is 0.314 e. The van der Waals surface area contributed by atoms with E-state index in [0.29, 0.717) is 24.2 Å². The summed E-state index contributed by atoms with van der Waals surface area (Å²) in [5.41, 5.74) is 0. The lowest BCUT2D eigenvalue weighted by Crippen LogP contribution is -2.45. The second kappa shape index (κ2) is 6.65. The standard InChI is InChI=1S/C15H20Cl2N2O2S/c16-12-3-4-14(17)15(9-12)22(20,21)19-7-5-13(6-8-19)18-10-11-1-2-11/h3-4,9,11,13,18H,1-2,5-8,10H2. The van der Waals surface area contributed by atoms with Crippen LogP contribution in [-0.2, 0) is 10.0 Å². The van der Waals surface area contributed by atoms with Gasteiger partial charge in [0, 0.05) is 24.2 Å². The molecule has 0 spiro atoms. The Morgan fingerprint density at radius 1 is 1.14 bits per heavy atom. The molecule has 0 atom stereocenters. The van der Waals surface area contributed by atoms with E-state index in [1.807, 2.05) is 0 Å². The molecule has 1 N–H and O–H groups in total. The zero-order valence-electron chi connectivity index (χ0n) is 12.3. The van der Waals surface area contributed by atoms with Crippen LogP contribution in [0.15, 0.2) is 23.1 Å². The molecule has 2 fully saturated rings. The van der Waals surface area contributed by atoms with E-state index in [0.717, 1.165) is 25.3 Å². The summed E-state index contributed by atoms with van der Waals surface area (Å²) in [6, 6.07) is 4.97. The highest BCUT2D eigenvalue weighted by molar-refractivity contribution is 7.89. The third-order valence-electron chi connectivity index (χ3n) is 4.36. The smallest absolute Gasteiger partial charge is 0.244 e. The number of benzene rings is 1. The molecule has 1 aromatic carbocycles. The maximum Gasteiger partial charge on any atom is 0.244 e. The van der Waals surface area contributed by atoms with Gasteiger partial charge >= 0.3 is 0 Å². The van der Waals surface area contributed by atoms with Gasteiger partial charge in [-0.25, -0.2) is 8.42 Å². The van der Waals surface area contributed by atoms with Crippen molar-refractivity contribution in [3.05, 3.63) is 28.2 Å². The molecule has 1 saturated heterocycles. The van der Waals surface area contributed by atoms with Crippen molar-refractivity contribution in [2.45, 2.75) is 36.6 Å². The zero-order valence-corrected chi connectivity index (χ0v) is 14.6. The summed E-state index contributed by atoms with van der Waals surface area (Å²) in [6.07, 6.45) is 4.33. The van der Waals surface area contributed by atoms with Crippen molar-refractivity contribution in [1.82, 2.24) is 9.62 Å². The average Bonchev–Trinajstić information content (AvgIpc) is 3.32. The predicted octanol–water partition coefficient (Wildman–Crippen LogP) is 3.15. The summed E-state index contributed by atoms with van der Waals surface area (Å²) in [5, 5.41) is 4.15. The number of piperidine rings is 1. The first kappa shape index (κ1) is 16.5. The average molecular weight is 363 g/mol. The van der Waals surface area contributed by atoms with E-state index in [-0.39, 0.29) is 9.92 Å². The second-order valence-electron chi connectivity index (χ2n) is 6.10. The molecular formula is C15H20Cl2N2O2S. The fourth-order valence-corrected chi connectivity index (χ4v) is 4.98. The normalized spacial score (nSPS) is 21.2. The lowest BCUT2D eigenvalue weighted by atomic mass is 10.1. The number of sulfonamides is 1. The molecule has 0 unspecified atom stereocenters. The Hall–Kier alpha value is -0.330. The SMILES string of the molecule is O=S(=O)(c1cc(Cl)ccc1Cl)N1CCC(NCC2CC2)CC1. The van der Waals surface area contributed by atoms with Gasteiger partial charge in [0.2, 0.25) is 10.0 Å².